The van der Waals surface area contributed by atoms with Gasteiger partial charge in [0.2, 0.25) is 5.91 Å². The van der Waals surface area contributed by atoms with E-state index in [1.54, 1.807) is 30.3 Å². The van der Waals surface area contributed by atoms with Gasteiger partial charge in [0.15, 0.2) is 0 Å². The molecule has 3 amide bonds. The van der Waals surface area contributed by atoms with Gasteiger partial charge in [-0.3, -0.25) is 14.2 Å². The maximum Gasteiger partial charge on any atom is 0.407 e. The van der Waals surface area contributed by atoms with Gasteiger partial charge in [-0.2, -0.15) is 0 Å². The molecule has 1 saturated heterocycles. The second-order valence-electron chi connectivity index (χ2n) is 8.11. The Morgan fingerprint density at radius 3 is 2.25 bits per heavy atom. The second-order valence-corrected chi connectivity index (χ2v) is 9.81. The zero-order valence-electron chi connectivity index (χ0n) is 19.3. The van der Waals surface area contributed by atoms with E-state index in [2.05, 4.69) is 15.6 Å². The summed E-state index contributed by atoms with van der Waals surface area (Å²) >= 11 is 0. The zero-order chi connectivity index (χ0) is 26.3. The van der Waals surface area contributed by atoms with Crippen molar-refractivity contribution in [3.8, 4) is 11.3 Å². The minimum Gasteiger partial charge on any atom is -0.465 e. The number of nitrogens with one attached hydrogen (secondary N) is 2. The number of carbonyl (C=O) groups is 3. The molecule has 1 aliphatic heterocycles. The Balaban J connectivity index is 1.85. The Morgan fingerprint density at radius 1 is 1.03 bits per heavy atom. The summed E-state index contributed by atoms with van der Waals surface area (Å²) in [5, 5.41) is 23.6. The van der Waals surface area contributed by atoms with Crippen molar-refractivity contribution in [1.29, 1.82) is 0 Å². The van der Waals surface area contributed by atoms with Crippen LogP contribution in [-0.4, -0.2) is 104 Å². The van der Waals surface area contributed by atoms with E-state index in [4.69, 9.17) is 10.2 Å². The summed E-state index contributed by atoms with van der Waals surface area (Å²) in [4.78, 5) is 63.1. The SMILES string of the molecule is O=C(N[C@@H](CP(=O)(O)O)C(=O)N1CCN(C(=O)O)CC1)c1cc(NCCO)cc(-c2ccccc2)n1. The monoisotopic (exact) mass is 521 g/mol. The number of carboxylic acid groups (broad SMARTS) is 1. The first-order valence-electron chi connectivity index (χ1n) is 11.1. The van der Waals surface area contributed by atoms with Crippen LogP contribution in [0.25, 0.3) is 11.3 Å². The average molecular weight is 521 g/mol. The number of piperazine rings is 1. The van der Waals surface area contributed by atoms with Gasteiger partial charge in [-0.05, 0) is 12.1 Å². The lowest BCUT2D eigenvalue weighted by molar-refractivity contribution is -0.134. The average Bonchev–Trinajstić information content (AvgIpc) is 2.86. The molecule has 14 heteroatoms. The van der Waals surface area contributed by atoms with Gasteiger partial charge in [-0.1, -0.05) is 30.3 Å². The Kier molecular flexibility index (Phi) is 8.99. The lowest BCUT2D eigenvalue weighted by atomic mass is 10.1. The lowest BCUT2D eigenvalue weighted by Crippen LogP contribution is -2.56. The summed E-state index contributed by atoms with van der Waals surface area (Å²) < 4.78 is 11.7. The minimum absolute atomic E-state index is 0.0234. The predicted molar refractivity (Wildman–Crippen MR) is 130 cm³/mol. The fraction of sp³-hybridized carbons (Fsp3) is 0.364. The number of hydrogen-bond acceptors (Lipinski definition) is 7. The molecule has 2 heterocycles. The van der Waals surface area contributed by atoms with Gasteiger partial charge in [0.1, 0.15) is 11.7 Å². The number of nitrogens with zero attached hydrogens (tertiary/aromatic N) is 3. The van der Waals surface area contributed by atoms with Crippen molar-refractivity contribution in [2.45, 2.75) is 6.04 Å². The van der Waals surface area contributed by atoms with Crippen molar-refractivity contribution in [3.63, 3.8) is 0 Å². The maximum absolute atomic E-state index is 13.1. The number of hydrogen-bond donors (Lipinski definition) is 6. The molecule has 194 valence electrons. The van der Waals surface area contributed by atoms with E-state index in [9.17, 15) is 28.7 Å². The molecule has 36 heavy (non-hydrogen) atoms. The van der Waals surface area contributed by atoms with Gasteiger partial charge in [0.05, 0.1) is 18.5 Å². The number of aliphatic hydroxyl groups is 1. The third-order valence-corrected chi connectivity index (χ3v) is 6.29. The molecule has 1 fully saturated rings. The van der Waals surface area contributed by atoms with E-state index in [0.29, 0.717) is 16.9 Å². The normalized spacial score (nSPS) is 14.8. The highest BCUT2D eigenvalue weighted by Crippen LogP contribution is 2.35. The van der Waals surface area contributed by atoms with Crippen LogP contribution in [-0.2, 0) is 9.36 Å². The number of rotatable bonds is 9. The van der Waals surface area contributed by atoms with E-state index in [0.717, 1.165) is 4.90 Å². The van der Waals surface area contributed by atoms with Crippen LogP contribution >= 0.6 is 7.60 Å². The first kappa shape index (κ1) is 27.1. The van der Waals surface area contributed by atoms with Crippen LogP contribution in [0.15, 0.2) is 42.5 Å². The molecular weight excluding hydrogens is 493 g/mol. The molecule has 1 aromatic heterocycles. The van der Waals surface area contributed by atoms with Crippen LogP contribution in [0, 0.1) is 0 Å². The standard InChI is InChI=1S/C22H28N5O8P/c28-11-6-23-16-12-17(15-4-2-1-3-5-15)24-18(13-16)20(29)25-19(14-36(33,34)35)21(30)26-7-9-27(10-8-26)22(31)32/h1-5,12-13,19,28H,6-11,14H2,(H,23,24)(H,25,29)(H,31,32)(H2,33,34,35)/t19-/m0/s1. The highest BCUT2D eigenvalue weighted by atomic mass is 31.2. The molecule has 0 bridgehead atoms. The third-order valence-electron chi connectivity index (χ3n) is 5.45. The van der Waals surface area contributed by atoms with Gasteiger partial charge in [0.25, 0.3) is 5.91 Å². The molecule has 0 unspecified atom stereocenters. The van der Waals surface area contributed by atoms with Crippen LogP contribution in [0.1, 0.15) is 10.5 Å². The topological polar surface area (TPSA) is 193 Å². The molecular formula is C22H28N5O8P. The van der Waals surface area contributed by atoms with Crippen LogP contribution in [0.3, 0.4) is 0 Å². The van der Waals surface area contributed by atoms with Crippen LogP contribution in [0.5, 0.6) is 0 Å². The van der Waals surface area contributed by atoms with E-state index in [1.807, 2.05) is 6.07 Å². The van der Waals surface area contributed by atoms with E-state index in [-0.39, 0.29) is 45.0 Å². The molecule has 1 aromatic carbocycles. The van der Waals surface area contributed by atoms with Crippen molar-refractivity contribution in [1.82, 2.24) is 20.1 Å². The maximum atomic E-state index is 13.1. The molecule has 2 aromatic rings. The molecule has 0 saturated carbocycles. The summed E-state index contributed by atoms with van der Waals surface area (Å²) in [6.45, 7) is 0.182. The first-order valence-corrected chi connectivity index (χ1v) is 12.9. The Morgan fingerprint density at radius 2 is 1.67 bits per heavy atom. The largest absolute Gasteiger partial charge is 0.465 e. The second kappa shape index (κ2) is 12.0. The van der Waals surface area contributed by atoms with Crippen LogP contribution in [0.4, 0.5) is 10.5 Å². The van der Waals surface area contributed by atoms with Gasteiger partial charge in [-0.25, -0.2) is 9.78 Å². The fourth-order valence-electron chi connectivity index (χ4n) is 3.70. The summed E-state index contributed by atoms with van der Waals surface area (Å²) in [6, 6.07) is 10.5. The zero-order valence-corrected chi connectivity index (χ0v) is 20.2. The van der Waals surface area contributed by atoms with E-state index in [1.165, 1.54) is 11.0 Å². The number of carbonyl (C=O) groups excluding carboxylic acids is 2. The highest BCUT2D eigenvalue weighted by molar-refractivity contribution is 7.51. The van der Waals surface area contributed by atoms with Crippen molar-refractivity contribution in [2.75, 3.05) is 50.8 Å². The number of aromatic nitrogens is 1. The van der Waals surface area contributed by atoms with Gasteiger partial charge in [-0.15, -0.1) is 0 Å². The first-order chi connectivity index (χ1) is 17.1. The van der Waals surface area contributed by atoms with Crippen LogP contribution < -0.4 is 10.6 Å². The molecule has 1 aliphatic rings. The summed E-state index contributed by atoms with van der Waals surface area (Å²) in [5.74, 6) is -1.55. The molecule has 13 nitrogen and oxygen atoms in total. The third kappa shape index (κ3) is 7.49. The summed E-state index contributed by atoms with van der Waals surface area (Å²) in [5.41, 5.74) is 1.52. The lowest BCUT2D eigenvalue weighted by Gasteiger charge is -2.35. The molecule has 1 atom stereocenters. The quantitative estimate of drug-likeness (QED) is 0.249. The minimum atomic E-state index is -4.71. The van der Waals surface area contributed by atoms with Gasteiger partial charge >= 0.3 is 13.7 Å². The Hall–Kier alpha value is -3.51. The number of benzene rings is 1. The smallest absolute Gasteiger partial charge is 0.407 e. The summed E-state index contributed by atoms with van der Waals surface area (Å²) in [6.07, 6.45) is -2.05. The number of anilines is 1. The Labute approximate surface area is 206 Å². The molecule has 0 spiro atoms. The fourth-order valence-corrected chi connectivity index (χ4v) is 4.42. The molecule has 0 radical (unpaired) electrons. The molecule has 3 rings (SSSR count). The highest BCUT2D eigenvalue weighted by Gasteiger charge is 2.34. The molecule has 6 N–H and O–H groups in total. The predicted octanol–water partition coefficient (Wildman–Crippen LogP) is 0.251. The Bertz CT molecular complexity index is 1130. The number of aliphatic hydroxyl groups excluding tert-OH is 1. The van der Waals surface area contributed by atoms with Crippen molar-refractivity contribution in [3.05, 3.63) is 48.2 Å². The van der Waals surface area contributed by atoms with Crippen molar-refractivity contribution >= 4 is 31.2 Å². The van der Waals surface area contributed by atoms with Gasteiger partial charge < -0.3 is 40.4 Å². The van der Waals surface area contributed by atoms with E-state index < -0.39 is 37.7 Å². The van der Waals surface area contributed by atoms with Crippen LogP contribution in [0.2, 0.25) is 0 Å². The number of pyridine rings is 1. The summed E-state index contributed by atoms with van der Waals surface area (Å²) in [7, 11) is -4.71. The van der Waals surface area contributed by atoms with Crippen molar-refractivity contribution < 1.29 is 38.9 Å². The van der Waals surface area contributed by atoms with Crippen molar-refractivity contribution in [2.24, 2.45) is 0 Å². The van der Waals surface area contributed by atoms with E-state index >= 15 is 0 Å². The molecule has 0 aliphatic carbocycles. The van der Waals surface area contributed by atoms with Gasteiger partial charge in [0, 0.05) is 44.0 Å². The number of amides is 3.